The quantitative estimate of drug-likeness (QED) is 0.612. The van der Waals surface area contributed by atoms with Gasteiger partial charge >= 0.3 is 0 Å². The van der Waals surface area contributed by atoms with Crippen LogP contribution in [0.5, 0.6) is 5.75 Å². The van der Waals surface area contributed by atoms with Crippen LogP contribution >= 0.6 is 0 Å². The van der Waals surface area contributed by atoms with Crippen LogP contribution in [-0.2, 0) is 16.0 Å². The van der Waals surface area contributed by atoms with Crippen LogP contribution in [0, 0.1) is 0 Å². The minimum atomic E-state index is 0.137. The van der Waals surface area contributed by atoms with E-state index in [0.29, 0.717) is 6.54 Å². The Kier molecular flexibility index (Phi) is 7.35. The maximum atomic E-state index is 5.96. The molecule has 0 bridgehead atoms. The SMILES string of the molecule is CCNC(=NCc1ccc(OC(C)C)cc1)N1CCOC(C2CCCO2)C1. The molecule has 0 aliphatic carbocycles. The van der Waals surface area contributed by atoms with Crippen molar-refractivity contribution in [2.75, 3.05) is 32.8 Å². The maximum Gasteiger partial charge on any atom is 0.194 e. The Labute approximate surface area is 162 Å². The third kappa shape index (κ3) is 5.84. The fraction of sp³-hybridized carbons (Fsp3) is 0.667. The molecule has 1 aromatic rings. The van der Waals surface area contributed by atoms with Crippen LogP contribution in [0.15, 0.2) is 29.3 Å². The van der Waals surface area contributed by atoms with E-state index in [4.69, 9.17) is 19.2 Å². The summed E-state index contributed by atoms with van der Waals surface area (Å²) < 4.78 is 17.5. The van der Waals surface area contributed by atoms with Gasteiger partial charge in [0.05, 0.1) is 25.4 Å². The summed E-state index contributed by atoms with van der Waals surface area (Å²) in [5.41, 5.74) is 1.17. The van der Waals surface area contributed by atoms with E-state index in [0.717, 1.165) is 57.4 Å². The molecule has 0 aromatic heterocycles. The zero-order chi connectivity index (χ0) is 19.1. The summed E-state index contributed by atoms with van der Waals surface area (Å²) in [7, 11) is 0. The van der Waals surface area contributed by atoms with Crippen LogP contribution in [0.1, 0.15) is 39.2 Å². The summed E-state index contributed by atoms with van der Waals surface area (Å²) in [6.45, 7) is 10.9. The van der Waals surface area contributed by atoms with Crippen LogP contribution in [0.4, 0.5) is 0 Å². The summed E-state index contributed by atoms with van der Waals surface area (Å²) in [6.07, 6.45) is 2.78. The van der Waals surface area contributed by atoms with Gasteiger partial charge in [-0.05, 0) is 51.3 Å². The monoisotopic (exact) mass is 375 g/mol. The van der Waals surface area contributed by atoms with Crippen molar-refractivity contribution in [1.29, 1.82) is 0 Å². The van der Waals surface area contributed by atoms with Crippen molar-refractivity contribution in [3.05, 3.63) is 29.8 Å². The number of nitrogens with one attached hydrogen (secondary N) is 1. The lowest BCUT2D eigenvalue weighted by atomic mass is 10.1. The van der Waals surface area contributed by atoms with Crippen LogP contribution in [0.2, 0.25) is 0 Å². The number of ether oxygens (including phenoxy) is 3. The molecule has 1 aromatic carbocycles. The van der Waals surface area contributed by atoms with E-state index in [1.54, 1.807) is 0 Å². The van der Waals surface area contributed by atoms with Crippen LogP contribution in [0.25, 0.3) is 0 Å². The molecular weight excluding hydrogens is 342 g/mol. The van der Waals surface area contributed by atoms with Gasteiger partial charge in [-0.3, -0.25) is 0 Å². The largest absolute Gasteiger partial charge is 0.491 e. The van der Waals surface area contributed by atoms with E-state index < -0.39 is 0 Å². The van der Waals surface area contributed by atoms with Gasteiger partial charge in [0.2, 0.25) is 0 Å². The Bertz CT molecular complexity index is 597. The number of rotatable bonds is 6. The summed E-state index contributed by atoms with van der Waals surface area (Å²) in [4.78, 5) is 7.15. The molecular formula is C21H33N3O3. The first-order valence-corrected chi connectivity index (χ1v) is 10.2. The average Bonchev–Trinajstić information content (AvgIpc) is 3.21. The number of guanidine groups is 1. The molecule has 2 atom stereocenters. The second-order valence-electron chi connectivity index (χ2n) is 7.39. The van der Waals surface area contributed by atoms with E-state index in [1.165, 1.54) is 5.56 Å². The molecule has 0 saturated carbocycles. The third-order valence-corrected chi connectivity index (χ3v) is 4.81. The summed E-state index contributed by atoms with van der Waals surface area (Å²) >= 11 is 0. The highest BCUT2D eigenvalue weighted by atomic mass is 16.5. The van der Waals surface area contributed by atoms with Crippen molar-refractivity contribution in [2.45, 2.75) is 58.5 Å². The number of hydrogen-bond acceptors (Lipinski definition) is 4. The molecule has 0 amide bonds. The van der Waals surface area contributed by atoms with Gasteiger partial charge in [0, 0.05) is 26.2 Å². The first kappa shape index (κ1) is 20.0. The number of nitrogens with zero attached hydrogens (tertiary/aromatic N) is 2. The first-order chi connectivity index (χ1) is 13.2. The van der Waals surface area contributed by atoms with E-state index in [9.17, 15) is 0 Å². The number of aliphatic imine (C=N–C) groups is 1. The van der Waals surface area contributed by atoms with E-state index in [-0.39, 0.29) is 18.3 Å². The van der Waals surface area contributed by atoms with Crippen molar-refractivity contribution in [3.63, 3.8) is 0 Å². The summed E-state index contributed by atoms with van der Waals surface area (Å²) in [5.74, 6) is 1.85. The number of hydrogen-bond donors (Lipinski definition) is 1. The Morgan fingerprint density at radius 1 is 1.22 bits per heavy atom. The molecule has 2 aliphatic rings. The number of morpholine rings is 1. The molecule has 1 N–H and O–H groups in total. The zero-order valence-electron chi connectivity index (χ0n) is 16.8. The molecule has 150 valence electrons. The predicted molar refractivity (Wildman–Crippen MR) is 107 cm³/mol. The number of benzene rings is 1. The highest BCUT2D eigenvalue weighted by Gasteiger charge is 2.32. The molecule has 2 unspecified atom stereocenters. The highest BCUT2D eigenvalue weighted by Crippen LogP contribution is 2.21. The molecule has 0 radical (unpaired) electrons. The van der Waals surface area contributed by atoms with Crippen LogP contribution in [0.3, 0.4) is 0 Å². The molecule has 27 heavy (non-hydrogen) atoms. The van der Waals surface area contributed by atoms with Gasteiger partial charge in [-0.2, -0.15) is 0 Å². The van der Waals surface area contributed by atoms with Crippen molar-refractivity contribution >= 4 is 5.96 Å². The fourth-order valence-electron chi connectivity index (χ4n) is 3.53. The van der Waals surface area contributed by atoms with Gasteiger partial charge in [-0.25, -0.2) is 4.99 Å². The van der Waals surface area contributed by atoms with Gasteiger partial charge in [0.15, 0.2) is 5.96 Å². The topological polar surface area (TPSA) is 55.3 Å². The highest BCUT2D eigenvalue weighted by molar-refractivity contribution is 5.80. The third-order valence-electron chi connectivity index (χ3n) is 4.81. The molecule has 3 rings (SSSR count). The fourth-order valence-corrected chi connectivity index (χ4v) is 3.53. The van der Waals surface area contributed by atoms with Crippen LogP contribution in [-0.4, -0.2) is 62.0 Å². The van der Waals surface area contributed by atoms with Crippen molar-refractivity contribution < 1.29 is 14.2 Å². The Hall–Kier alpha value is -1.79. The van der Waals surface area contributed by atoms with Crippen molar-refractivity contribution in [1.82, 2.24) is 10.2 Å². The Morgan fingerprint density at radius 3 is 2.67 bits per heavy atom. The van der Waals surface area contributed by atoms with Gasteiger partial charge in [-0.15, -0.1) is 0 Å². The van der Waals surface area contributed by atoms with Crippen molar-refractivity contribution in [2.24, 2.45) is 4.99 Å². The minimum absolute atomic E-state index is 0.137. The van der Waals surface area contributed by atoms with Crippen molar-refractivity contribution in [3.8, 4) is 5.75 Å². The van der Waals surface area contributed by atoms with Gasteiger partial charge in [0.25, 0.3) is 0 Å². The average molecular weight is 376 g/mol. The summed E-state index contributed by atoms with van der Waals surface area (Å²) in [6, 6.07) is 8.19. The van der Waals surface area contributed by atoms with Gasteiger partial charge in [0.1, 0.15) is 11.9 Å². The Morgan fingerprint density at radius 2 is 2.00 bits per heavy atom. The van der Waals surface area contributed by atoms with Crippen LogP contribution < -0.4 is 10.1 Å². The smallest absolute Gasteiger partial charge is 0.194 e. The normalized spacial score (nSPS) is 23.7. The zero-order valence-corrected chi connectivity index (χ0v) is 16.8. The molecule has 0 spiro atoms. The molecule has 2 heterocycles. The first-order valence-electron chi connectivity index (χ1n) is 10.2. The molecule has 6 heteroatoms. The van der Waals surface area contributed by atoms with Gasteiger partial charge in [-0.1, -0.05) is 12.1 Å². The van der Waals surface area contributed by atoms with E-state index in [2.05, 4.69) is 29.3 Å². The molecule has 6 nitrogen and oxygen atoms in total. The lowest BCUT2D eigenvalue weighted by molar-refractivity contribution is -0.0817. The molecule has 2 aliphatic heterocycles. The second kappa shape index (κ2) is 9.95. The lowest BCUT2D eigenvalue weighted by Gasteiger charge is -2.37. The predicted octanol–water partition coefficient (Wildman–Crippen LogP) is 2.82. The summed E-state index contributed by atoms with van der Waals surface area (Å²) in [5, 5.41) is 3.43. The van der Waals surface area contributed by atoms with E-state index >= 15 is 0 Å². The maximum absolute atomic E-state index is 5.96. The molecule has 2 fully saturated rings. The lowest BCUT2D eigenvalue weighted by Crippen LogP contribution is -2.53. The minimum Gasteiger partial charge on any atom is -0.491 e. The standard InChI is InChI=1S/C21H33N3O3/c1-4-22-21(23-14-17-7-9-18(10-8-17)27-16(2)3)24-11-13-26-20(15-24)19-6-5-12-25-19/h7-10,16,19-20H,4-6,11-15H2,1-3H3,(H,22,23). The molecule has 2 saturated heterocycles. The van der Waals surface area contributed by atoms with Gasteiger partial charge < -0.3 is 24.4 Å². The second-order valence-corrected chi connectivity index (χ2v) is 7.39. The van der Waals surface area contributed by atoms with E-state index in [1.807, 2.05) is 26.0 Å². The Balaban J connectivity index is 1.61.